The van der Waals surface area contributed by atoms with Gasteiger partial charge in [0.05, 0.1) is 0 Å². The third kappa shape index (κ3) is 2.20. The number of rotatable bonds is 1. The van der Waals surface area contributed by atoms with Gasteiger partial charge in [-0.25, -0.2) is 0 Å². The molecule has 0 aliphatic rings. The zero-order chi connectivity index (χ0) is 18.7. The number of fused-ring (bicyclic) bond motifs is 6. The van der Waals surface area contributed by atoms with E-state index in [9.17, 15) is 0 Å². The van der Waals surface area contributed by atoms with Crippen LogP contribution in [0, 0.1) is 0 Å². The molecule has 0 aliphatic heterocycles. The van der Waals surface area contributed by atoms with Crippen LogP contribution in [-0.2, 0) is 0 Å². The molecule has 6 aromatic rings. The summed E-state index contributed by atoms with van der Waals surface area (Å²) in [5.41, 5.74) is 4.11. The van der Waals surface area contributed by atoms with E-state index < -0.39 is 0 Å². The molecule has 0 saturated carbocycles. The fourth-order valence-electron chi connectivity index (χ4n) is 4.30. The molecule has 6 rings (SSSR count). The highest BCUT2D eigenvalue weighted by molar-refractivity contribution is 6.32. The van der Waals surface area contributed by atoms with Crippen LogP contribution >= 0.6 is 11.6 Å². The van der Waals surface area contributed by atoms with Gasteiger partial charge in [0, 0.05) is 15.8 Å². The second kappa shape index (κ2) is 5.85. The molecule has 0 aliphatic carbocycles. The van der Waals surface area contributed by atoms with Gasteiger partial charge in [0.25, 0.3) is 0 Å². The first kappa shape index (κ1) is 15.7. The van der Waals surface area contributed by atoms with Crippen molar-refractivity contribution in [2.45, 2.75) is 0 Å². The summed E-state index contributed by atoms with van der Waals surface area (Å²) in [5, 5.41) is 7.91. The smallest absolute Gasteiger partial charge is 0.136 e. The number of hydrogen-bond acceptors (Lipinski definition) is 1. The third-order valence-electron chi connectivity index (χ3n) is 5.53. The second-order valence-corrected chi connectivity index (χ2v) is 7.55. The van der Waals surface area contributed by atoms with E-state index in [0.29, 0.717) is 5.02 Å². The predicted octanol–water partition coefficient (Wildman–Crippen LogP) is 8.21. The topological polar surface area (TPSA) is 13.1 Å². The third-order valence-corrected chi connectivity index (χ3v) is 5.77. The Morgan fingerprint density at radius 2 is 1.36 bits per heavy atom. The Kier molecular flexibility index (Phi) is 3.29. The van der Waals surface area contributed by atoms with Crippen molar-refractivity contribution in [3.8, 4) is 11.1 Å². The maximum Gasteiger partial charge on any atom is 0.136 e. The maximum atomic E-state index is 6.29. The van der Waals surface area contributed by atoms with Crippen LogP contribution in [0.4, 0.5) is 0 Å². The average Bonchev–Trinajstić information content (AvgIpc) is 3.11. The van der Waals surface area contributed by atoms with E-state index in [-0.39, 0.29) is 0 Å². The van der Waals surface area contributed by atoms with Crippen molar-refractivity contribution in [1.29, 1.82) is 0 Å². The zero-order valence-corrected chi connectivity index (χ0v) is 15.7. The minimum absolute atomic E-state index is 0.717. The molecule has 1 nitrogen and oxygen atoms in total. The van der Waals surface area contributed by atoms with Crippen LogP contribution in [0.1, 0.15) is 0 Å². The highest BCUT2D eigenvalue weighted by Crippen LogP contribution is 2.40. The van der Waals surface area contributed by atoms with E-state index in [1.165, 1.54) is 32.7 Å². The van der Waals surface area contributed by atoms with Crippen LogP contribution in [0.5, 0.6) is 0 Å². The van der Waals surface area contributed by atoms with Gasteiger partial charge in [-0.15, -0.1) is 0 Å². The number of halogens is 1. The fourth-order valence-corrected chi connectivity index (χ4v) is 4.47. The number of benzene rings is 5. The minimum Gasteiger partial charge on any atom is -0.456 e. The Morgan fingerprint density at radius 3 is 2.32 bits per heavy atom. The van der Waals surface area contributed by atoms with Crippen LogP contribution in [0.2, 0.25) is 5.02 Å². The highest BCUT2D eigenvalue weighted by Gasteiger charge is 2.15. The summed E-state index contributed by atoms with van der Waals surface area (Å²) in [6, 6.07) is 31.5. The molecule has 0 bridgehead atoms. The summed E-state index contributed by atoms with van der Waals surface area (Å²) in [6.45, 7) is 0. The molecule has 0 amide bonds. The summed E-state index contributed by atoms with van der Waals surface area (Å²) >= 11 is 6.29. The Labute approximate surface area is 166 Å². The van der Waals surface area contributed by atoms with Gasteiger partial charge in [-0.2, -0.15) is 0 Å². The van der Waals surface area contributed by atoms with Crippen molar-refractivity contribution in [2.75, 3.05) is 0 Å². The fraction of sp³-hybridized carbons (Fsp3) is 0. The summed E-state index contributed by atoms with van der Waals surface area (Å²) in [5.74, 6) is 0. The normalized spacial score (nSPS) is 11.8. The van der Waals surface area contributed by atoms with Crippen molar-refractivity contribution in [1.82, 2.24) is 0 Å². The summed E-state index contributed by atoms with van der Waals surface area (Å²) in [7, 11) is 0. The van der Waals surface area contributed by atoms with Crippen LogP contribution in [0.15, 0.2) is 95.4 Å². The summed E-state index contributed by atoms with van der Waals surface area (Å²) in [6.07, 6.45) is 0. The lowest BCUT2D eigenvalue weighted by Crippen LogP contribution is -1.84. The van der Waals surface area contributed by atoms with E-state index >= 15 is 0 Å². The molecule has 0 fully saturated rings. The van der Waals surface area contributed by atoms with Crippen LogP contribution in [0.3, 0.4) is 0 Å². The first-order valence-electron chi connectivity index (χ1n) is 9.31. The molecule has 0 atom stereocenters. The SMILES string of the molecule is Clc1ccc2oc3cccc(-c4cccc5c4ccc4ccccc45)c3c2c1. The van der Waals surface area contributed by atoms with E-state index in [0.717, 1.165) is 21.9 Å². The Morgan fingerprint density at radius 1 is 0.536 bits per heavy atom. The lowest BCUT2D eigenvalue weighted by atomic mass is 9.92. The summed E-state index contributed by atoms with van der Waals surface area (Å²) < 4.78 is 6.09. The highest BCUT2D eigenvalue weighted by atomic mass is 35.5. The van der Waals surface area contributed by atoms with Gasteiger partial charge >= 0.3 is 0 Å². The van der Waals surface area contributed by atoms with E-state index in [2.05, 4.69) is 66.7 Å². The summed E-state index contributed by atoms with van der Waals surface area (Å²) in [4.78, 5) is 0. The van der Waals surface area contributed by atoms with E-state index in [1.807, 2.05) is 24.3 Å². The molecule has 5 aromatic carbocycles. The maximum absolute atomic E-state index is 6.29. The predicted molar refractivity (Wildman–Crippen MR) is 119 cm³/mol. The molecule has 0 N–H and O–H groups in total. The number of furan rings is 1. The zero-order valence-electron chi connectivity index (χ0n) is 14.9. The van der Waals surface area contributed by atoms with Gasteiger partial charge in [0.1, 0.15) is 11.2 Å². The van der Waals surface area contributed by atoms with Crippen LogP contribution < -0.4 is 0 Å². The van der Waals surface area contributed by atoms with Crippen molar-refractivity contribution >= 4 is 55.1 Å². The monoisotopic (exact) mass is 378 g/mol. The standard InChI is InChI=1S/C26H15ClO/c27-17-12-14-24-23(15-17)26-22(9-4-10-25(26)28-24)20-8-3-7-19-18-6-2-1-5-16(18)11-13-21(19)20/h1-15H. The van der Waals surface area contributed by atoms with Gasteiger partial charge in [-0.3, -0.25) is 0 Å². The Balaban J connectivity index is 1.77. The molecule has 2 heteroatoms. The van der Waals surface area contributed by atoms with Gasteiger partial charge in [-0.05, 0) is 56.9 Å². The molecular weight excluding hydrogens is 364 g/mol. The van der Waals surface area contributed by atoms with Crippen molar-refractivity contribution in [3.05, 3.63) is 96.0 Å². The lowest BCUT2D eigenvalue weighted by Gasteiger charge is -2.11. The molecular formula is C26H15ClO. The molecule has 0 unspecified atom stereocenters. The quantitative estimate of drug-likeness (QED) is 0.263. The van der Waals surface area contributed by atoms with Crippen molar-refractivity contribution in [3.63, 3.8) is 0 Å². The molecule has 132 valence electrons. The van der Waals surface area contributed by atoms with Crippen LogP contribution in [0.25, 0.3) is 54.6 Å². The van der Waals surface area contributed by atoms with Crippen molar-refractivity contribution < 1.29 is 4.42 Å². The van der Waals surface area contributed by atoms with Gasteiger partial charge in [-0.1, -0.05) is 78.3 Å². The molecule has 0 saturated heterocycles. The first-order chi connectivity index (χ1) is 13.8. The molecule has 0 radical (unpaired) electrons. The van der Waals surface area contributed by atoms with Crippen molar-refractivity contribution in [2.24, 2.45) is 0 Å². The average molecular weight is 379 g/mol. The Bertz CT molecular complexity index is 1520. The van der Waals surface area contributed by atoms with E-state index in [4.69, 9.17) is 16.0 Å². The van der Waals surface area contributed by atoms with E-state index in [1.54, 1.807) is 0 Å². The molecule has 0 spiro atoms. The largest absolute Gasteiger partial charge is 0.456 e. The molecule has 1 aromatic heterocycles. The number of hydrogen-bond donors (Lipinski definition) is 0. The van der Waals surface area contributed by atoms with Gasteiger partial charge in [0.2, 0.25) is 0 Å². The molecule has 1 heterocycles. The van der Waals surface area contributed by atoms with Gasteiger partial charge in [0.15, 0.2) is 0 Å². The second-order valence-electron chi connectivity index (χ2n) is 7.11. The van der Waals surface area contributed by atoms with Crippen LogP contribution in [-0.4, -0.2) is 0 Å². The van der Waals surface area contributed by atoms with Gasteiger partial charge < -0.3 is 4.42 Å². The minimum atomic E-state index is 0.717. The molecule has 28 heavy (non-hydrogen) atoms. The first-order valence-corrected chi connectivity index (χ1v) is 9.69. The lowest BCUT2D eigenvalue weighted by molar-refractivity contribution is 0.669. The Hall–Kier alpha value is -3.29.